The minimum Gasteiger partial charge on any atom is -0.382 e. The summed E-state index contributed by atoms with van der Waals surface area (Å²) in [7, 11) is 0. The van der Waals surface area contributed by atoms with Gasteiger partial charge in [0.2, 0.25) is 0 Å². The van der Waals surface area contributed by atoms with Crippen molar-refractivity contribution in [1.82, 2.24) is 4.98 Å². The third-order valence-corrected chi connectivity index (χ3v) is 3.69. The molecular formula is C13H17N3. The molecule has 1 aliphatic carbocycles. The standard InChI is InChI=1S/C13H17N3/c1-10(2)13(4-5-13)9-16-12-8-15-6-3-11(12)7-14/h3,6,8,10,16H,4-5,9H2,1-2H3. The molecule has 1 aliphatic rings. The van der Waals surface area contributed by atoms with E-state index in [9.17, 15) is 0 Å². The molecular weight excluding hydrogens is 198 g/mol. The number of hydrogen-bond donors (Lipinski definition) is 1. The van der Waals surface area contributed by atoms with Gasteiger partial charge in [0.1, 0.15) is 6.07 Å². The molecule has 1 N–H and O–H groups in total. The van der Waals surface area contributed by atoms with Crippen LogP contribution in [0.3, 0.4) is 0 Å². The Bertz CT molecular complexity index is 413. The molecule has 0 radical (unpaired) electrons. The highest BCUT2D eigenvalue weighted by molar-refractivity contribution is 5.55. The molecule has 3 heteroatoms. The predicted molar refractivity (Wildman–Crippen MR) is 63.9 cm³/mol. The van der Waals surface area contributed by atoms with Crippen molar-refractivity contribution in [3.8, 4) is 6.07 Å². The van der Waals surface area contributed by atoms with Crippen LogP contribution in [0.25, 0.3) is 0 Å². The van der Waals surface area contributed by atoms with Crippen LogP contribution in [0.2, 0.25) is 0 Å². The molecule has 0 spiro atoms. The van der Waals surface area contributed by atoms with Gasteiger partial charge < -0.3 is 5.32 Å². The maximum atomic E-state index is 8.95. The molecule has 0 atom stereocenters. The molecule has 0 aliphatic heterocycles. The summed E-state index contributed by atoms with van der Waals surface area (Å²) in [5.74, 6) is 0.696. The van der Waals surface area contributed by atoms with Gasteiger partial charge in [-0.15, -0.1) is 0 Å². The maximum absolute atomic E-state index is 8.95. The summed E-state index contributed by atoms with van der Waals surface area (Å²) in [6.45, 7) is 5.48. The molecule has 0 amide bonds. The van der Waals surface area contributed by atoms with Gasteiger partial charge in [-0.05, 0) is 30.2 Å². The van der Waals surface area contributed by atoms with Crippen LogP contribution in [0, 0.1) is 22.7 Å². The zero-order valence-corrected chi connectivity index (χ0v) is 9.83. The lowest BCUT2D eigenvalue weighted by molar-refractivity contribution is 0.380. The number of aromatic nitrogens is 1. The maximum Gasteiger partial charge on any atom is 0.101 e. The molecule has 0 unspecified atom stereocenters. The Morgan fingerprint density at radius 3 is 2.88 bits per heavy atom. The number of rotatable bonds is 4. The fraction of sp³-hybridized carbons (Fsp3) is 0.538. The average molecular weight is 215 g/mol. The SMILES string of the molecule is CC(C)C1(CNc2cnccc2C#N)CC1. The molecule has 0 bridgehead atoms. The second kappa shape index (κ2) is 4.13. The van der Waals surface area contributed by atoms with Gasteiger partial charge in [0.05, 0.1) is 17.4 Å². The molecule has 16 heavy (non-hydrogen) atoms. The van der Waals surface area contributed by atoms with Gasteiger partial charge in [-0.1, -0.05) is 13.8 Å². The van der Waals surface area contributed by atoms with E-state index in [1.54, 1.807) is 18.5 Å². The first-order chi connectivity index (χ1) is 7.68. The van der Waals surface area contributed by atoms with Gasteiger partial charge in [0.15, 0.2) is 0 Å². The molecule has 3 nitrogen and oxygen atoms in total. The van der Waals surface area contributed by atoms with E-state index in [1.807, 2.05) is 0 Å². The van der Waals surface area contributed by atoms with Crippen LogP contribution < -0.4 is 5.32 Å². The van der Waals surface area contributed by atoms with Gasteiger partial charge in [0.25, 0.3) is 0 Å². The second-order valence-electron chi connectivity index (χ2n) is 4.90. The van der Waals surface area contributed by atoms with E-state index in [2.05, 4.69) is 30.2 Å². The van der Waals surface area contributed by atoms with Crippen LogP contribution in [-0.2, 0) is 0 Å². The Kier molecular flexibility index (Phi) is 2.82. The zero-order valence-electron chi connectivity index (χ0n) is 9.83. The van der Waals surface area contributed by atoms with Gasteiger partial charge in [-0.3, -0.25) is 4.98 Å². The molecule has 1 heterocycles. The summed E-state index contributed by atoms with van der Waals surface area (Å²) < 4.78 is 0. The number of nitrogens with one attached hydrogen (secondary N) is 1. The Labute approximate surface area is 96.5 Å². The zero-order chi connectivity index (χ0) is 11.6. The number of hydrogen-bond acceptors (Lipinski definition) is 3. The van der Waals surface area contributed by atoms with Crippen LogP contribution in [0.1, 0.15) is 32.3 Å². The van der Waals surface area contributed by atoms with Crippen LogP contribution in [0.5, 0.6) is 0 Å². The smallest absolute Gasteiger partial charge is 0.101 e. The van der Waals surface area contributed by atoms with E-state index in [1.165, 1.54) is 12.8 Å². The Morgan fingerprint density at radius 1 is 1.56 bits per heavy atom. The average Bonchev–Trinajstić information content (AvgIpc) is 3.08. The fourth-order valence-electron chi connectivity index (χ4n) is 2.02. The van der Waals surface area contributed by atoms with E-state index < -0.39 is 0 Å². The molecule has 1 saturated carbocycles. The Hall–Kier alpha value is -1.56. The number of nitrogens with zero attached hydrogens (tertiary/aromatic N) is 2. The van der Waals surface area contributed by atoms with E-state index in [4.69, 9.17) is 5.26 Å². The van der Waals surface area contributed by atoms with Crippen molar-refractivity contribution in [3.05, 3.63) is 24.0 Å². The lowest BCUT2D eigenvalue weighted by Crippen LogP contribution is -2.21. The Balaban J connectivity index is 2.03. The van der Waals surface area contributed by atoms with E-state index in [0.717, 1.165) is 12.2 Å². The van der Waals surface area contributed by atoms with Gasteiger partial charge in [-0.25, -0.2) is 0 Å². The van der Waals surface area contributed by atoms with E-state index in [0.29, 0.717) is 16.9 Å². The molecule has 0 aromatic carbocycles. The second-order valence-corrected chi connectivity index (χ2v) is 4.90. The van der Waals surface area contributed by atoms with Crippen molar-refractivity contribution in [3.63, 3.8) is 0 Å². The highest BCUT2D eigenvalue weighted by Gasteiger charge is 2.44. The van der Waals surface area contributed by atoms with Crippen LogP contribution >= 0.6 is 0 Å². The molecule has 1 aromatic rings. The highest BCUT2D eigenvalue weighted by Crippen LogP contribution is 2.51. The third kappa shape index (κ3) is 2.01. The van der Waals surface area contributed by atoms with E-state index in [-0.39, 0.29) is 0 Å². The minimum absolute atomic E-state index is 0.447. The van der Waals surface area contributed by atoms with Crippen molar-refractivity contribution in [1.29, 1.82) is 5.26 Å². The van der Waals surface area contributed by atoms with Crippen molar-refractivity contribution in [2.75, 3.05) is 11.9 Å². The van der Waals surface area contributed by atoms with Crippen molar-refractivity contribution in [2.45, 2.75) is 26.7 Å². The normalized spacial score (nSPS) is 16.9. The summed E-state index contributed by atoms with van der Waals surface area (Å²) in [6, 6.07) is 3.93. The number of pyridine rings is 1. The molecule has 2 rings (SSSR count). The van der Waals surface area contributed by atoms with Gasteiger partial charge >= 0.3 is 0 Å². The lowest BCUT2D eigenvalue weighted by atomic mass is 9.92. The molecule has 1 aromatic heterocycles. The highest BCUT2D eigenvalue weighted by atomic mass is 14.9. The predicted octanol–water partition coefficient (Wildman–Crippen LogP) is 2.80. The van der Waals surface area contributed by atoms with Crippen molar-refractivity contribution < 1.29 is 0 Å². The first-order valence-electron chi connectivity index (χ1n) is 5.76. The summed E-state index contributed by atoms with van der Waals surface area (Å²) >= 11 is 0. The lowest BCUT2D eigenvalue weighted by Gasteiger charge is -2.20. The van der Waals surface area contributed by atoms with Crippen molar-refractivity contribution >= 4 is 5.69 Å². The first-order valence-corrected chi connectivity index (χ1v) is 5.76. The van der Waals surface area contributed by atoms with Crippen molar-refractivity contribution in [2.24, 2.45) is 11.3 Å². The van der Waals surface area contributed by atoms with Crippen LogP contribution in [0.4, 0.5) is 5.69 Å². The fourth-order valence-corrected chi connectivity index (χ4v) is 2.02. The van der Waals surface area contributed by atoms with E-state index >= 15 is 0 Å². The van der Waals surface area contributed by atoms with Gasteiger partial charge in [-0.2, -0.15) is 5.26 Å². The Morgan fingerprint density at radius 2 is 2.31 bits per heavy atom. The minimum atomic E-state index is 0.447. The summed E-state index contributed by atoms with van der Waals surface area (Å²) in [4.78, 5) is 4.05. The number of anilines is 1. The summed E-state index contributed by atoms with van der Waals surface area (Å²) in [5, 5.41) is 12.3. The quantitative estimate of drug-likeness (QED) is 0.840. The number of nitriles is 1. The van der Waals surface area contributed by atoms with Crippen LogP contribution in [-0.4, -0.2) is 11.5 Å². The monoisotopic (exact) mass is 215 g/mol. The summed E-state index contributed by atoms with van der Waals surface area (Å²) in [5.41, 5.74) is 1.98. The first kappa shape index (κ1) is 10.9. The third-order valence-electron chi connectivity index (χ3n) is 3.69. The molecule has 0 saturated heterocycles. The largest absolute Gasteiger partial charge is 0.382 e. The van der Waals surface area contributed by atoms with Crippen LogP contribution in [0.15, 0.2) is 18.5 Å². The van der Waals surface area contributed by atoms with Gasteiger partial charge in [0, 0.05) is 12.7 Å². The molecule has 1 fully saturated rings. The topological polar surface area (TPSA) is 48.7 Å². The molecule has 84 valence electrons. The summed E-state index contributed by atoms with van der Waals surface area (Å²) in [6.07, 6.45) is 5.97.